The molecule has 2 unspecified atom stereocenters. The summed E-state index contributed by atoms with van der Waals surface area (Å²) < 4.78 is 10.6. The summed E-state index contributed by atoms with van der Waals surface area (Å²) in [7, 11) is 1.59. The van der Waals surface area contributed by atoms with E-state index in [-0.39, 0.29) is 12.5 Å². The molecule has 0 aliphatic heterocycles. The lowest BCUT2D eigenvalue weighted by atomic mass is 9.96. The van der Waals surface area contributed by atoms with Crippen molar-refractivity contribution >= 4 is 5.97 Å². The predicted molar refractivity (Wildman–Crippen MR) is 67.9 cm³/mol. The Bertz CT molecular complexity index is 400. The summed E-state index contributed by atoms with van der Waals surface area (Å²) in [5.41, 5.74) is 4.37. The van der Waals surface area contributed by atoms with E-state index >= 15 is 0 Å². The lowest BCUT2D eigenvalue weighted by molar-refractivity contribution is -0.143. The minimum atomic E-state index is -1.29. The van der Waals surface area contributed by atoms with Gasteiger partial charge in [0, 0.05) is 6.42 Å². The van der Waals surface area contributed by atoms with Gasteiger partial charge in [-0.3, -0.25) is 4.79 Å². The van der Waals surface area contributed by atoms with Crippen LogP contribution in [0.3, 0.4) is 0 Å². The van der Waals surface area contributed by atoms with Gasteiger partial charge in [0.15, 0.2) is 0 Å². The summed E-state index contributed by atoms with van der Waals surface area (Å²) in [6, 6.07) is 7.09. The van der Waals surface area contributed by atoms with E-state index in [4.69, 9.17) is 20.3 Å². The normalized spacial score (nSPS) is 15.6. The quantitative estimate of drug-likeness (QED) is 0.805. The summed E-state index contributed by atoms with van der Waals surface area (Å²) in [5.74, 6) is 0.362. The van der Waals surface area contributed by atoms with Gasteiger partial charge < -0.3 is 20.3 Å². The highest BCUT2D eigenvalue weighted by Crippen LogP contribution is 2.20. The van der Waals surface area contributed by atoms with Gasteiger partial charge >= 0.3 is 5.97 Å². The molecule has 0 fully saturated rings. The molecule has 5 nitrogen and oxygen atoms in total. The largest absolute Gasteiger partial charge is 0.497 e. The predicted octanol–water partition coefficient (Wildman–Crippen LogP) is 1.65. The topological polar surface area (TPSA) is 81.8 Å². The summed E-state index contributed by atoms with van der Waals surface area (Å²) in [6.07, 6.45) is -0.0570. The summed E-state index contributed by atoms with van der Waals surface area (Å²) >= 11 is 0. The Morgan fingerprint density at radius 2 is 1.89 bits per heavy atom. The Kier molecular flexibility index (Phi) is 4.55. The third kappa shape index (κ3) is 3.92. The van der Waals surface area contributed by atoms with Gasteiger partial charge in [-0.1, -0.05) is 0 Å². The van der Waals surface area contributed by atoms with Gasteiger partial charge in [-0.05, 0) is 38.1 Å². The fourth-order valence-electron chi connectivity index (χ4n) is 1.61. The molecule has 0 aliphatic rings. The number of hydrogen-bond donors (Lipinski definition) is 2. The molecule has 0 saturated carbocycles. The maximum absolute atomic E-state index is 10.9. The lowest BCUT2D eigenvalue weighted by Gasteiger charge is -2.24. The first-order valence-electron chi connectivity index (χ1n) is 5.68. The van der Waals surface area contributed by atoms with E-state index in [2.05, 4.69) is 0 Å². The minimum absolute atomic E-state index is 0.231. The molecular weight excluding hydrogens is 234 g/mol. The van der Waals surface area contributed by atoms with Gasteiger partial charge in [0.2, 0.25) is 0 Å². The van der Waals surface area contributed by atoms with Crippen LogP contribution in [0, 0.1) is 0 Å². The van der Waals surface area contributed by atoms with Gasteiger partial charge in [0.25, 0.3) is 0 Å². The Hall–Kier alpha value is -1.75. The van der Waals surface area contributed by atoms with Crippen LogP contribution >= 0.6 is 0 Å². The molecule has 0 bridgehead atoms. The third-order valence-corrected chi connectivity index (χ3v) is 2.60. The summed E-state index contributed by atoms with van der Waals surface area (Å²) in [4.78, 5) is 10.9. The van der Waals surface area contributed by atoms with Crippen LogP contribution in [-0.4, -0.2) is 29.8 Å². The molecule has 0 radical (unpaired) electrons. The van der Waals surface area contributed by atoms with Crippen molar-refractivity contribution in [3.05, 3.63) is 24.3 Å². The van der Waals surface area contributed by atoms with Crippen LogP contribution in [0.1, 0.15) is 20.3 Å². The molecule has 2 atom stereocenters. The van der Waals surface area contributed by atoms with Crippen molar-refractivity contribution in [1.82, 2.24) is 0 Å². The molecule has 0 amide bonds. The maximum Gasteiger partial charge on any atom is 0.323 e. The number of rotatable bonds is 6. The van der Waals surface area contributed by atoms with Gasteiger partial charge in [0.05, 0.1) is 13.2 Å². The molecule has 3 N–H and O–H groups in total. The molecule has 0 spiro atoms. The minimum Gasteiger partial charge on any atom is -0.497 e. The van der Waals surface area contributed by atoms with Crippen molar-refractivity contribution < 1.29 is 19.4 Å². The number of carbonyl (C=O) groups is 1. The van der Waals surface area contributed by atoms with Crippen molar-refractivity contribution in [2.75, 3.05) is 7.11 Å². The van der Waals surface area contributed by atoms with Gasteiger partial charge in [0.1, 0.15) is 17.0 Å². The third-order valence-electron chi connectivity index (χ3n) is 2.60. The monoisotopic (exact) mass is 253 g/mol. The van der Waals surface area contributed by atoms with Crippen LogP contribution in [0.2, 0.25) is 0 Å². The van der Waals surface area contributed by atoms with Crippen LogP contribution in [0.15, 0.2) is 24.3 Å². The second kappa shape index (κ2) is 5.73. The molecule has 0 aliphatic carbocycles. The molecular formula is C13H19NO4. The molecule has 1 rings (SSSR count). The lowest BCUT2D eigenvalue weighted by Crippen LogP contribution is -2.47. The molecule has 5 heteroatoms. The average Bonchev–Trinajstić information content (AvgIpc) is 2.29. The van der Waals surface area contributed by atoms with Crippen LogP contribution in [0.25, 0.3) is 0 Å². The molecule has 100 valence electrons. The van der Waals surface area contributed by atoms with Crippen LogP contribution in [0.4, 0.5) is 0 Å². The first-order chi connectivity index (χ1) is 8.35. The first-order valence-corrected chi connectivity index (χ1v) is 5.68. The molecule has 18 heavy (non-hydrogen) atoms. The molecule has 1 aromatic carbocycles. The first kappa shape index (κ1) is 14.3. The van der Waals surface area contributed by atoms with E-state index in [1.54, 1.807) is 38.3 Å². The highest BCUT2D eigenvalue weighted by atomic mass is 16.5. The Morgan fingerprint density at radius 3 is 2.33 bits per heavy atom. The fraction of sp³-hybridized carbons (Fsp3) is 0.462. The number of aliphatic carboxylic acids is 1. The van der Waals surface area contributed by atoms with Crippen molar-refractivity contribution in [3.63, 3.8) is 0 Å². The SMILES string of the molecule is COc1ccc(OC(C)CC(C)(N)C(=O)O)cc1. The van der Waals surface area contributed by atoms with Crippen LogP contribution in [0.5, 0.6) is 11.5 Å². The number of methoxy groups -OCH3 is 1. The van der Waals surface area contributed by atoms with E-state index in [1.807, 2.05) is 0 Å². The zero-order chi connectivity index (χ0) is 13.8. The Morgan fingerprint density at radius 1 is 1.39 bits per heavy atom. The molecule has 1 aromatic rings. The number of nitrogens with two attached hydrogens (primary N) is 1. The highest BCUT2D eigenvalue weighted by molar-refractivity contribution is 5.77. The summed E-state index contributed by atoms with van der Waals surface area (Å²) in [6.45, 7) is 3.27. The van der Waals surface area contributed by atoms with E-state index in [0.717, 1.165) is 5.75 Å². The second-order valence-electron chi connectivity index (χ2n) is 4.53. The summed E-state index contributed by atoms with van der Waals surface area (Å²) in [5, 5.41) is 8.93. The van der Waals surface area contributed by atoms with E-state index < -0.39 is 11.5 Å². The van der Waals surface area contributed by atoms with Crippen molar-refractivity contribution in [2.45, 2.75) is 31.9 Å². The smallest absolute Gasteiger partial charge is 0.323 e. The molecule has 0 aromatic heterocycles. The van der Waals surface area contributed by atoms with E-state index in [0.29, 0.717) is 5.75 Å². The van der Waals surface area contributed by atoms with E-state index in [1.165, 1.54) is 6.92 Å². The van der Waals surface area contributed by atoms with Gasteiger partial charge in [-0.15, -0.1) is 0 Å². The van der Waals surface area contributed by atoms with Crippen molar-refractivity contribution in [2.24, 2.45) is 5.73 Å². The number of ether oxygens (including phenoxy) is 2. The van der Waals surface area contributed by atoms with E-state index in [9.17, 15) is 4.79 Å². The molecule has 0 heterocycles. The van der Waals surface area contributed by atoms with Crippen molar-refractivity contribution in [1.29, 1.82) is 0 Å². The zero-order valence-electron chi connectivity index (χ0n) is 10.8. The fourth-order valence-corrected chi connectivity index (χ4v) is 1.61. The van der Waals surface area contributed by atoms with Crippen LogP contribution < -0.4 is 15.2 Å². The van der Waals surface area contributed by atoms with Gasteiger partial charge in [-0.25, -0.2) is 0 Å². The second-order valence-corrected chi connectivity index (χ2v) is 4.53. The number of hydrogen-bond acceptors (Lipinski definition) is 4. The Labute approximate surface area is 107 Å². The highest BCUT2D eigenvalue weighted by Gasteiger charge is 2.30. The number of carboxylic acid groups (broad SMARTS) is 1. The van der Waals surface area contributed by atoms with Crippen LogP contribution in [-0.2, 0) is 4.79 Å². The maximum atomic E-state index is 10.9. The standard InChI is InChI=1S/C13H19NO4/c1-9(8-13(2,14)12(15)16)18-11-6-4-10(17-3)5-7-11/h4-7,9H,8,14H2,1-3H3,(H,15,16). The Balaban J connectivity index is 2.58. The molecule has 0 saturated heterocycles. The zero-order valence-corrected chi connectivity index (χ0v) is 10.8. The average molecular weight is 253 g/mol. The van der Waals surface area contributed by atoms with Gasteiger partial charge in [-0.2, -0.15) is 0 Å². The number of carboxylic acids is 1. The van der Waals surface area contributed by atoms with Crippen molar-refractivity contribution in [3.8, 4) is 11.5 Å². The number of benzene rings is 1.